The Morgan fingerprint density at radius 2 is 2.04 bits per heavy atom. The van der Waals surface area contributed by atoms with Gasteiger partial charge in [-0.2, -0.15) is 0 Å². The number of nitro benzene ring substituents is 1. The van der Waals surface area contributed by atoms with Gasteiger partial charge in [-0.05, 0) is 19.1 Å². The van der Waals surface area contributed by atoms with Gasteiger partial charge in [-0.25, -0.2) is 0 Å². The molecule has 136 valence electrons. The highest BCUT2D eigenvalue weighted by Crippen LogP contribution is 2.19. The van der Waals surface area contributed by atoms with Gasteiger partial charge in [0.25, 0.3) is 5.69 Å². The molecule has 1 aromatic heterocycles. The summed E-state index contributed by atoms with van der Waals surface area (Å²) in [7, 11) is 0. The molecule has 1 aliphatic rings. The van der Waals surface area contributed by atoms with Crippen molar-refractivity contribution in [2.24, 2.45) is 0 Å². The van der Waals surface area contributed by atoms with Crippen molar-refractivity contribution in [3.63, 3.8) is 0 Å². The number of rotatable bonds is 5. The van der Waals surface area contributed by atoms with E-state index in [0.717, 1.165) is 24.5 Å². The molecule has 2 heterocycles. The largest absolute Gasteiger partial charge is 0.360 e. The number of aryl methyl sites for hydroxylation is 1. The molecule has 0 saturated carbocycles. The standard InChI is InChI=1S/C18H20N4O4/c1-14-12-16(26-19-14)13-20-8-10-21(11-9-20)18(23)7-6-15-4-2-3-5-17(15)22(24)25/h2-7,12H,8-11,13H2,1H3/b7-6+. The lowest BCUT2D eigenvalue weighted by Crippen LogP contribution is -2.47. The third kappa shape index (κ3) is 4.34. The van der Waals surface area contributed by atoms with Crippen molar-refractivity contribution in [3.8, 4) is 0 Å². The summed E-state index contributed by atoms with van der Waals surface area (Å²) in [5.74, 6) is 0.678. The molecule has 1 aliphatic heterocycles. The molecule has 0 aliphatic carbocycles. The van der Waals surface area contributed by atoms with E-state index in [-0.39, 0.29) is 11.6 Å². The highest BCUT2D eigenvalue weighted by atomic mass is 16.6. The highest BCUT2D eigenvalue weighted by molar-refractivity contribution is 5.92. The molecule has 0 unspecified atom stereocenters. The molecular weight excluding hydrogens is 336 g/mol. The van der Waals surface area contributed by atoms with Crippen LogP contribution in [0.15, 0.2) is 40.9 Å². The van der Waals surface area contributed by atoms with E-state index >= 15 is 0 Å². The van der Waals surface area contributed by atoms with E-state index < -0.39 is 4.92 Å². The molecule has 0 bridgehead atoms. The molecule has 0 N–H and O–H groups in total. The molecule has 26 heavy (non-hydrogen) atoms. The second-order valence-corrected chi connectivity index (χ2v) is 6.19. The predicted octanol–water partition coefficient (Wildman–Crippen LogP) is 2.25. The number of carbonyl (C=O) groups excluding carboxylic acids is 1. The maximum Gasteiger partial charge on any atom is 0.276 e. The van der Waals surface area contributed by atoms with Crippen LogP contribution in [0.2, 0.25) is 0 Å². The Hall–Kier alpha value is -3.00. The van der Waals surface area contributed by atoms with Gasteiger partial charge in [0.1, 0.15) is 0 Å². The maximum absolute atomic E-state index is 12.3. The summed E-state index contributed by atoms with van der Waals surface area (Å²) < 4.78 is 5.22. The Morgan fingerprint density at radius 1 is 1.31 bits per heavy atom. The van der Waals surface area contributed by atoms with Crippen LogP contribution in [-0.2, 0) is 11.3 Å². The number of hydrogen-bond donors (Lipinski definition) is 0. The van der Waals surface area contributed by atoms with Gasteiger partial charge in [0.15, 0.2) is 5.76 Å². The van der Waals surface area contributed by atoms with E-state index in [1.807, 2.05) is 13.0 Å². The van der Waals surface area contributed by atoms with Crippen LogP contribution < -0.4 is 0 Å². The molecule has 0 spiro atoms. The van der Waals surface area contributed by atoms with Gasteiger partial charge in [-0.1, -0.05) is 17.3 Å². The number of hydrogen-bond acceptors (Lipinski definition) is 6. The van der Waals surface area contributed by atoms with Gasteiger partial charge in [0, 0.05) is 44.4 Å². The van der Waals surface area contributed by atoms with Gasteiger partial charge in [0.2, 0.25) is 5.91 Å². The monoisotopic (exact) mass is 356 g/mol. The molecule has 1 amide bonds. The van der Waals surface area contributed by atoms with E-state index in [4.69, 9.17) is 4.52 Å². The molecular formula is C18H20N4O4. The fourth-order valence-corrected chi connectivity index (χ4v) is 2.90. The van der Waals surface area contributed by atoms with Crippen molar-refractivity contribution < 1.29 is 14.2 Å². The van der Waals surface area contributed by atoms with Crippen LogP contribution in [0, 0.1) is 17.0 Å². The second kappa shape index (κ2) is 7.92. The predicted molar refractivity (Wildman–Crippen MR) is 95.2 cm³/mol. The van der Waals surface area contributed by atoms with Gasteiger partial charge in [-0.3, -0.25) is 19.8 Å². The number of para-hydroxylation sites is 1. The first kappa shape index (κ1) is 17.8. The minimum Gasteiger partial charge on any atom is -0.360 e. The number of piperazine rings is 1. The quantitative estimate of drug-likeness (QED) is 0.463. The lowest BCUT2D eigenvalue weighted by Gasteiger charge is -2.33. The number of benzene rings is 1. The zero-order valence-corrected chi connectivity index (χ0v) is 14.5. The molecule has 2 aromatic rings. The fourth-order valence-electron chi connectivity index (χ4n) is 2.90. The molecule has 8 heteroatoms. The van der Waals surface area contributed by atoms with Crippen LogP contribution in [0.25, 0.3) is 6.08 Å². The summed E-state index contributed by atoms with van der Waals surface area (Å²) in [5, 5.41) is 14.9. The van der Waals surface area contributed by atoms with Crippen molar-refractivity contribution in [1.29, 1.82) is 0 Å². The van der Waals surface area contributed by atoms with Gasteiger partial charge >= 0.3 is 0 Å². The summed E-state index contributed by atoms with van der Waals surface area (Å²) in [6, 6.07) is 8.27. The number of nitrogens with zero attached hydrogens (tertiary/aromatic N) is 4. The van der Waals surface area contributed by atoms with E-state index in [0.29, 0.717) is 25.2 Å². The number of aromatic nitrogens is 1. The van der Waals surface area contributed by atoms with E-state index in [9.17, 15) is 14.9 Å². The number of amides is 1. The lowest BCUT2D eigenvalue weighted by molar-refractivity contribution is -0.385. The Morgan fingerprint density at radius 3 is 2.69 bits per heavy atom. The number of carbonyl (C=O) groups is 1. The zero-order valence-electron chi connectivity index (χ0n) is 14.5. The Labute approximate surface area is 150 Å². The third-order valence-electron chi connectivity index (χ3n) is 4.28. The first-order valence-electron chi connectivity index (χ1n) is 8.38. The summed E-state index contributed by atoms with van der Waals surface area (Å²) in [4.78, 5) is 26.9. The molecule has 1 saturated heterocycles. The van der Waals surface area contributed by atoms with Crippen LogP contribution in [0.1, 0.15) is 17.0 Å². The second-order valence-electron chi connectivity index (χ2n) is 6.19. The van der Waals surface area contributed by atoms with Crippen molar-refractivity contribution in [2.45, 2.75) is 13.5 Å². The smallest absolute Gasteiger partial charge is 0.276 e. The summed E-state index contributed by atoms with van der Waals surface area (Å²) in [5.41, 5.74) is 1.27. The maximum atomic E-state index is 12.3. The molecule has 1 aromatic carbocycles. The fraction of sp³-hybridized carbons (Fsp3) is 0.333. The average molecular weight is 356 g/mol. The molecule has 0 atom stereocenters. The molecule has 0 radical (unpaired) electrons. The van der Waals surface area contributed by atoms with Crippen LogP contribution in [0.5, 0.6) is 0 Å². The van der Waals surface area contributed by atoms with Crippen LogP contribution in [0.4, 0.5) is 5.69 Å². The average Bonchev–Trinajstić information content (AvgIpc) is 3.05. The lowest BCUT2D eigenvalue weighted by atomic mass is 10.1. The summed E-state index contributed by atoms with van der Waals surface area (Å²) >= 11 is 0. The van der Waals surface area contributed by atoms with Crippen LogP contribution in [0.3, 0.4) is 0 Å². The van der Waals surface area contributed by atoms with Gasteiger partial charge < -0.3 is 9.42 Å². The first-order valence-corrected chi connectivity index (χ1v) is 8.38. The van der Waals surface area contributed by atoms with Crippen molar-refractivity contribution in [1.82, 2.24) is 15.0 Å². The summed E-state index contributed by atoms with van der Waals surface area (Å²) in [6.07, 6.45) is 2.90. The minimum atomic E-state index is -0.450. The van der Waals surface area contributed by atoms with Crippen molar-refractivity contribution in [3.05, 3.63) is 63.5 Å². The van der Waals surface area contributed by atoms with Crippen LogP contribution in [-0.4, -0.2) is 52.0 Å². The van der Waals surface area contributed by atoms with E-state index in [1.54, 1.807) is 23.1 Å². The molecule has 3 rings (SSSR count). The van der Waals surface area contributed by atoms with Crippen molar-refractivity contribution >= 4 is 17.7 Å². The topological polar surface area (TPSA) is 92.7 Å². The highest BCUT2D eigenvalue weighted by Gasteiger charge is 2.21. The first-order chi connectivity index (χ1) is 12.5. The summed E-state index contributed by atoms with van der Waals surface area (Å²) in [6.45, 7) is 5.25. The van der Waals surface area contributed by atoms with Gasteiger partial charge in [-0.15, -0.1) is 0 Å². The zero-order chi connectivity index (χ0) is 18.5. The Kier molecular flexibility index (Phi) is 5.43. The van der Waals surface area contributed by atoms with Crippen LogP contribution >= 0.6 is 0 Å². The Balaban J connectivity index is 1.54. The Bertz CT molecular complexity index is 822. The third-order valence-corrected chi connectivity index (χ3v) is 4.28. The van der Waals surface area contributed by atoms with Gasteiger partial charge in [0.05, 0.1) is 22.7 Å². The number of nitro groups is 1. The normalized spacial score (nSPS) is 15.5. The van der Waals surface area contributed by atoms with Crippen molar-refractivity contribution in [2.75, 3.05) is 26.2 Å². The molecule has 1 fully saturated rings. The molecule has 8 nitrogen and oxygen atoms in total. The van der Waals surface area contributed by atoms with E-state index in [1.165, 1.54) is 18.2 Å². The minimum absolute atomic E-state index is 0.0104. The van der Waals surface area contributed by atoms with E-state index in [2.05, 4.69) is 10.1 Å². The SMILES string of the molecule is Cc1cc(CN2CCN(C(=O)/C=C/c3ccccc3[N+](=O)[O-])CC2)on1.